The van der Waals surface area contributed by atoms with Gasteiger partial charge in [0.25, 0.3) is 0 Å². The lowest BCUT2D eigenvalue weighted by molar-refractivity contribution is -0.134. The molecule has 1 aromatic carbocycles. The van der Waals surface area contributed by atoms with E-state index >= 15 is 0 Å². The van der Waals surface area contributed by atoms with Crippen LogP contribution in [-0.2, 0) is 11.2 Å². The van der Waals surface area contributed by atoms with Crippen molar-refractivity contribution in [3.63, 3.8) is 0 Å². The maximum absolute atomic E-state index is 13.8. The number of anilines is 1. The molecule has 2 saturated heterocycles. The number of amides is 1. The van der Waals surface area contributed by atoms with Gasteiger partial charge in [-0.3, -0.25) is 4.79 Å². The predicted molar refractivity (Wildman–Crippen MR) is 103 cm³/mol. The van der Waals surface area contributed by atoms with Gasteiger partial charge in [0.2, 0.25) is 5.91 Å². The van der Waals surface area contributed by atoms with Crippen LogP contribution in [0, 0.1) is 5.82 Å². The topological polar surface area (TPSA) is 36.7 Å². The Hall–Kier alpha value is -2.30. The largest absolute Gasteiger partial charge is 0.469 e. The Kier molecular flexibility index (Phi) is 4.49. The van der Waals surface area contributed by atoms with Crippen molar-refractivity contribution in [2.24, 2.45) is 0 Å². The number of nitrogens with zero attached hydrogens (tertiary/aromatic N) is 2. The van der Waals surface area contributed by atoms with Crippen molar-refractivity contribution in [1.29, 1.82) is 0 Å². The molecule has 0 radical (unpaired) electrons. The molecule has 0 bridgehead atoms. The Labute approximate surface area is 159 Å². The lowest BCUT2D eigenvalue weighted by Crippen LogP contribution is -2.49. The highest BCUT2D eigenvalue weighted by molar-refractivity contribution is 5.78. The van der Waals surface area contributed by atoms with Crippen LogP contribution in [0.15, 0.2) is 47.1 Å². The summed E-state index contributed by atoms with van der Waals surface area (Å²) in [4.78, 5) is 17.4. The van der Waals surface area contributed by atoms with Crippen LogP contribution in [0.4, 0.5) is 10.1 Å². The molecule has 0 saturated carbocycles. The molecule has 3 heterocycles. The van der Waals surface area contributed by atoms with Crippen molar-refractivity contribution in [2.45, 2.75) is 57.0 Å². The Morgan fingerprint density at radius 2 is 2.11 bits per heavy atom. The molecule has 144 valence electrons. The molecule has 1 spiro atoms. The minimum Gasteiger partial charge on any atom is -0.469 e. The molecule has 2 aliphatic rings. The van der Waals surface area contributed by atoms with Crippen LogP contribution in [0.25, 0.3) is 0 Å². The number of aryl methyl sites for hydroxylation is 1. The fourth-order valence-corrected chi connectivity index (χ4v) is 5.05. The quantitative estimate of drug-likeness (QED) is 0.800. The summed E-state index contributed by atoms with van der Waals surface area (Å²) in [6.45, 7) is 5.95. The fourth-order valence-electron chi connectivity index (χ4n) is 5.05. The van der Waals surface area contributed by atoms with E-state index in [1.807, 2.05) is 18.2 Å². The van der Waals surface area contributed by atoms with Gasteiger partial charge in [-0.05, 0) is 63.4 Å². The van der Waals surface area contributed by atoms with Crippen molar-refractivity contribution < 1.29 is 13.6 Å². The zero-order chi connectivity index (χ0) is 19.1. The molecule has 5 heteroatoms. The number of likely N-dealkylation sites (tertiary alicyclic amines) is 1. The van der Waals surface area contributed by atoms with E-state index in [1.54, 1.807) is 18.4 Å². The molecule has 1 amide bonds. The summed E-state index contributed by atoms with van der Waals surface area (Å²) in [5, 5.41) is 0. The Morgan fingerprint density at radius 1 is 1.26 bits per heavy atom. The number of benzene rings is 1. The van der Waals surface area contributed by atoms with Crippen molar-refractivity contribution in [3.05, 3.63) is 54.2 Å². The zero-order valence-electron chi connectivity index (χ0n) is 16.1. The van der Waals surface area contributed by atoms with E-state index in [-0.39, 0.29) is 22.8 Å². The number of carbonyl (C=O) groups is 1. The Morgan fingerprint density at radius 3 is 2.85 bits per heavy atom. The maximum Gasteiger partial charge on any atom is 0.223 e. The summed E-state index contributed by atoms with van der Waals surface area (Å²) in [5.41, 5.74) is 0.611. The first-order valence-electron chi connectivity index (χ1n) is 9.76. The van der Waals surface area contributed by atoms with Crippen molar-refractivity contribution in [3.8, 4) is 0 Å². The van der Waals surface area contributed by atoms with Gasteiger partial charge in [0, 0.05) is 37.2 Å². The van der Waals surface area contributed by atoms with Crippen molar-refractivity contribution in [1.82, 2.24) is 4.90 Å². The average Bonchev–Trinajstić information content (AvgIpc) is 3.32. The third kappa shape index (κ3) is 3.35. The lowest BCUT2D eigenvalue weighted by atomic mass is 9.87. The highest BCUT2D eigenvalue weighted by atomic mass is 19.1. The number of hydrogen-bond acceptors (Lipinski definition) is 3. The van der Waals surface area contributed by atoms with Crippen molar-refractivity contribution >= 4 is 11.6 Å². The van der Waals surface area contributed by atoms with E-state index in [0.29, 0.717) is 12.8 Å². The molecular weight excluding hydrogens is 343 g/mol. The molecule has 2 aromatic rings. The average molecular weight is 370 g/mol. The molecule has 4 nitrogen and oxygen atoms in total. The molecular formula is C22H27FN2O2. The van der Waals surface area contributed by atoms with Gasteiger partial charge in [0.1, 0.15) is 11.6 Å². The summed E-state index contributed by atoms with van der Waals surface area (Å²) in [7, 11) is 0. The van der Waals surface area contributed by atoms with Crippen molar-refractivity contribution in [2.75, 3.05) is 18.0 Å². The maximum atomic E-state index is 13.8. The number of halogens is 1. The molecule has 4 rings (SSSR count). The predicted octanol–water partition coefficient (Wildman–Crippen LogP) is 4.40. The highest BCUT2D eigenvalue weighted by Gasteiger charge is 2.54. The third-order valence-corrected chi connectivity index (χ3v) is 6.13. The molecule has 0 N–H and O–H groups in total. The SMILES string of the molecule is CC1(C)CC2(CCCN2C(=O)CCc2ccco2)CN1c1cccc(F)c1. The Bertz CT molecular complexity index is 817. The van der Waals surface area contributed by atoms with E-state index < -0.39 is 0 Å². The Balaban J connectivity index is 1.53. The molecule has 2 fully saturated rings. The molecule has 1 aromatic heterocycles. The first kappa shape index (κ1) is 18.1. The number of rotatable bonds is 4. The van der Waals surface area contributed by atoms with Gasteiger partial charge >= 0.3 is 0 Å². The number of hydrogen-bond donors (Lipinski definition) is 0. The van der Waals surface area contributed by atoms with Gasteiger partial charge in [0.15, 0.2) is 0 Å². The van der Waals surface area contributed by atoms with E-state index in [0.717, 1.165) is 43.8 Å². The van der Waals surface area contributed by atoms with Gasteiger partial charge in [-0.1, -0.05) is 6.07 Å². The molecule has 1 atom stereocenters. The molecule has 27 heavy (non-hydrogen) atoms. The normalized spacial score (nSPS) is 24.1. The van der Waals surface area contributed by atoms with E-state index in [1.165, 1.54) is 6.07 Å². The first-order valence-corrected chi connectivity index (χ1v) is 9.76. The third-order valence-electron chi connectivity index (χ3n) is 6.13. The van der Waals surface area contributed by atoms with Crippen LogP contribution in [-0.4, -0.2) is 35.0 Å². The number of carbonyl (C=O) groups excluding carboxylic acids is 1. The summed E-state index contributed by atoms with van der Waals surface area (Å²) in [5.74, 6) is 0.826. The van der Waals surface area contributed by atoms with E-state index in [2.05, 4.69) is 23.6 Å². The van der Waals surface area contributed by atoms with Gasteiger partial charge in [-0.2, -0.15) is 0 Å². The van der Waals surface area contributed by atoms with Gasteiger partial charge < -0.3 is 14.2 Å². The molecule has 1 unspecified atom stereocenters. The van der Waals surface area contributed by atoms with Crippen LogP contribution in [0.5, 0.6) is 0 Å². The first-order chi connectivity index (χ1) is 12.9. The smallest absolute Gasteiger partial charge is 0.223 e. The zero-order valence-corrected chi connectivity index (χ0v) is 16.1. The second-order valence-electron chi connectivity index (χ2n) is 8.51. The second-order valence-corrected chi connectivity index (χ2v) is 8.51. The molecule has 2 aliphatic heterocycles. The van der Waals surface area contributed by atoms with Crippen LogP contribution >= 0.6 is 0 Å². The fraction of sp³-hybridized carbons (Fsp3) is 0.500. The monoisotopic (exact) mass is 370 g/mol. The number of furan rings is 1. The molecule has 0 aliphatic carbocycles. The standard InChI is InChI=1S/C22H27FN2O2/c1-21(2)15-22(16-25(21)18-7-3-6-17(23)14-18)11-5-12-24(22)20(26)10-9-19-8-4-13-27-19/h3-4,6-8,13-14H,5,9-12,15-16H2,1-2H3. The van der Waals surface area contributed by atoms with Crippen LogP contribution in [0.1, 0.15) is 45.3 Å². The summed E-state index contributed by atoms with van der Waals surface area (Å²) >= 11 is 0. The van der Waals surface area contributed by atoms with Crippen LogP contribution in [0.2, 0.25) is 0 Å². The van der Waals surface area contributed by atoms with Gasteiger partial charge in [-0.15, -0.1) is 0 Å². The van der Waals surface area contributed by atoms with E-state index in [4.69, 9.17) is 4.42 Å². The van der Waals surface area contributed by atoms with Crippen LogP contribution < -0.4 is 4.90 Å². The summed E-state index contributed by atoms with van der Waals surface area (Å²) in [6.07, 6.45) is 5.69. The minimum atomic E-state index is -0.220. The second kappa shape index (κ2) is 6.70. The van der Waals surface area contributed by atoms with Crippen LogP contribution in [0.3, 0.4) is 0 Å². The summed E-state index contributed by atoms with van der Waals surface area (Å²) in [6, 6.07) is 10.6. The summed E-state index contributed by atoms with van der Waals surface area (Å²) < 4.78 is 19.1. The highest BCUT2D eigenvalue weighted by Crippen LogP contribution is 2.47. The van der Waals surface area contributed by atoms with Gasteiger partial charge in [0.05, 0.1) is 11.8 Å². The lowest BCUT2D eigenvalue weighted by Gasteiger charge is -2.35. The minimum absolute atomic E-state index is 0.127. The van der Waals surface area contributed by atoms with E-state index in [9.17, 15) is 9.18 Å². The van der Waals surface area contributed by atoms with Gasteiger partial charge in [-0.25, -0.2) is 4.39 Å².